The number of hydrogen-bond donors (Lipinski definition) is 1. The summed E-state index contributed by atoms with van der Waals surface area (Å²) in [4.78, 5) is 12.6. The Bertz CT molecular complexity index is 907. The molecule has 1 N–H and O–H groups in total. The van der Waals surface area contributed by atoms with Crippen LogP contribution >= 0.6 is 0 Å². The van der Waals surface area contributed by atoms with Gasteiger partial charge in [-0.3, -0.25) is 9.20 Å². The lowest BCUT2D eigenvalue weighted by Gasteiger charge is -2.17. The van der Waals surface area contributed by atoms with Crippen molar-refractivity contribution in [3.63, 3.8) is 0 Å². The maximum atomic E-state index is 12.6. The van der Waals surface area contributed by atoms with E-state index in [4.69, 9.17) is 9.47 Å². The number of nitrogens with one attached hydrogen (secondary N) is 1. The number of fused-ring (bicyclic) bond motifs is 1. The molecule has 2 heterocycles. The Morgan fingerprint density at radius 1 is 1.15 bits per heavy atom. The van der Waals surface area contributed by atoms with Crippen LogP contribution in [0.5, 0.6) is 11.5 Å². The summed E-state index contributed by atoms with van der Waals surface area (Å²) in [5.74, 6) is 1.22. The largest absolute Gasteiger partial charge is 0.490 e. The molecule has 7 nitrogen and oxygen atoms in total. The van der Waals surface area contributed by atoms with E-state index in [1.807, 2.05) is 39.0 Å². The molecule has 0 spiro atoms. The molecule has 0 aliphatic rings. The minimum atomic E-state index is -0.186. The fraction of sp³-hybridized carbons (Fsp3) is 0.316. The molecule has 0 radical (unpaired) electrons. The maximum absolute atomic E-state index is 12.6. The lowest BCUT2D eigenvalue weighted by atomic mass is 10.1. The summed E-state index contributed by atoms with van der Waals surface area (Å²) in [6.07, 6.45) is 3.28. The van der Waals surface area contributed by atoms with Crippen LogP contribution in [-0.2, 0) is 0 Å². The van der Waals surface area contributed by atoms with Crippen LogP contribution < -0.4 is 14.8 Å². The van der Waals surface area contributed by atoms with Crippen molar-refractivity contribution in [1.82, 2.24) is 19.9 Å². The molecule has 1 amide bonds. The van der Waals surface area contributed by atoms with Gasteiger partial charge in [0.25, 0.3) is 5.91 Å². The van der Waals surface area contributed by atoms with Crippen LogP contribution in [0.3, 0.4) is 0 Å². The van der Waals surface area contributed by atoms with Crippen molar-refractivity contribution in [1.29, 1.82) is 0 Å². The number of aromatic nitrogens is 3. The van der Waals surface area contributed by atoms with E-state index in [9.17, 15) is 4.79 Å². The number of carbonyl (C=O) groups excluding carboxylic acids is 1. The molecule has 0 fully saturated rings. The average Bonchev–Trinajstić information content (AvgIpc) is 3.11. The van der Waals surface area contributed by atoms with Gasteiger partial charge in [0.2, 0.25) is 0 Å². The highest BCUT2D eigenvalue weighted by Crippen LogP contribution is 2.30. The fourth-order valence-electron chi connectivity index (χ4n) is 2.66. The van der Waals surface area contributed by atoms with E-state index in [1.54, 1.807) is 29.1 Å². The lowest BCUT2D eigenvalue weighted by molar-refractivity contribution is 0.0939. The zero-order chi connectivity index (χ0) is 18.5. The van der Waals surface area contributed by atoms with Crippen molar-refractivity contribution in [3.8, 4) is 11.5 Å². The molecule has 0 saturated carbocycles. The van der Waals surface area contributed by atoms with Gasteiger partial charge in [-0.2, -0.15) is 0 Å². The standard InChI is InChI=1S/C19H22N4O3/c1-4-25-16-8-6-14(10-17(16)26-5-2)13(3)21-19(24)15-7-9-18-22-20-12-23(18)11-15/h6-13H,4-5H2,1-3H3,(H,21,24). The summed E-state index contributed by atoms with van der Waals surface area (Å²) in [5, 5.41) is 10.8. The van der Waals surface area contributed by atoms with Crippen LogP contribution in [0.25, 0.3) is 5.65 Å². The third-order valence-electron chi connectivity index (χ3n) is 3.97. The molecule has 1 atom stereocenters. The molecule has 136 valence electrons. The van der Waals surface area contributed by atoms with Crippen molar-refractivity contribution < 1.29 is 14.3 Å². The fourth-order valence-corrected chi connectivity index (χ4v) is 2.66. The monoisotopic (exact) mass is 354 g/mol. The highest BCUT2D eigenvalue weighted by Gasteiger charge is 2.15. The second-order valence-corrected chi connectivity index (χ2v) is 5.78. The van der Waals surface area contributed by atoms with Crippen LogP contribution in [0, 0.1) is 0 Å². The van der Waals surface area contributed by atoms with Crippen LogP contribution in [0.1, 0.15) is 42.7 Å². The van der Waals surface area contributed by atoms with E-state index >= 15 is 0 Å². The van der Waals surface area contributed by atoms with E-state index < -0.39 is 0 Å². The Hall–Kier alpha value is -3.09. The van der Waals surface area contributed by atoms with Crippen molar-refractivity contribution in [2.45, 2.75) is 26.8 Å². The van der Waals surface area contributed by atoms with E-state index in [2.05, 4.69) is 15.5 Å². The molecule has 0 aliphatic heterocycles. The predicted octanol–water partition coefficient (Wildman–Crippen LogP) is 3.02. The first kappa shape index (κ1) is 17.7. The van der Waals surface area contributed by atoms with Gasteiger partial charge >= 0.3 is 0 Å². The zero-order valence-electron chi connectivity index (χ0n) is 15.1. The van der Waals surface area contributed by atoms with Crippen LogP contribution in [-0.4, -0.2) is 33.7 Å². The van der Waals surface area contributed by atoms with Gasteiger partial charge in [0.1, 0.15) is 6.33 Å². The molecule has 0 saturated heterocycles. The molecule has 1 unspecified atom stereocenters. The summed E-state index contributed by atoms with van der Waals surface area (Å²) >= 11 is 0. The van der Waals surface area contributed by atoms with Gasteiger partial charge in [0.05, 0.1) is 24.8 Å². The van der Waals surface area contributed by atoms with Crippen molar-refractivity contribution in [2.24, 2.45) is 0 Å². The molecule has 0 aliphatic carbocycles. The van der Waals surface area contributed by atoms with Crippen molar-refractivity contribution in [3.05, 3.63) is 54.0 Å². The second kappa shape index (κ2) is 7.86. The number of pyridine rings is 1. The SMILES string of the molecule is CCOc1ccc(C(C)NC(=O)c2ccc3nncn3c2)cc1OCC. The van der Waals surface area contributed by atoms with Gasteiger partial charge in [0, 0.05) is 6.20 Å². The minimum absolute atomic E-state index is 0.167. The van der Waals surface area contributed by atoms with Gasteiger partial charge < -0.3 is 14.8 Å². The number of carbonyl (C=O) groups is 1. The molecular formula is C19H22N4O3. The zero-order valence-corrected chi connectivity index (χ0v) is 15.1. The first-order chi connectivity index (χ1) is 12.6. The molecule has 7 heteroatoms. The summed E-state index contributed by atoms with van der Waals surface area (Å²) in [5.41, 5.74) is 2.18. The number of ether oxygens (including phenoxy) is 2. The molecule has 0 bridgehead atoms. The van der Waals surface area contributed by atoms with Gasteiger partial charge in [-0.1, -0.05) is 6.07 Å². The second-order valence-electron chi connectivity index (χ2n) is 5.78. The van der Waals surface area contributed by atoms with Gasteiger partial charge in [-0.25, -0.2) is 0 Å². The molecule has 1 aromatic carbocycles. The van der Waals surface area contributed by atoms with Crippen LogP contribution in [0.15, 0.2) is 42.9 Å². The van der Waals surface area contributed by atoms with Crippen molar-refractivity contribution in [2.75, 3.05) is 13.2 Å². The molecule has 3 rings (SSSR count). The van der Waals surface area contributed by atoms with E-state index in [0.717, 1.165) is 5.56 Å². The quantitative estimate of drug-likeness (QED) is 0.706. The van der Waals surface area contributed by atoms with E-state index in [0.29, 0.717) is 35.9 Å². The van der Waals surface area contributed by atoms with E-state index in [1.165, 1.54) is 0 Å². The first-order valence-corrected chi connectivity index (χ1v) is 8.62. The van der Waals surface area contributed by atoms with Gasteiger partial charge in [-0.15, -0.1) is 10.2 Å². The molecule has 2 aromatic heterocycles. The highest BCUT2D eigenvalue weighted by atomic mass is 16.5. The number of nitrogens with zero attached hydrogens (tertiary/aromatic N) is 3. The first-order valence-electron chi connectivity index (χ1n) is 8.62. The topological polar surface area (TPSA) is 77.8 Å². The smallest absolute Gasteiger partial charge is 0.253 e. The lowest BCUT2D eigenvalue weighted by Crippen LogP contribution is -2.26. The summed E-state index contributed by atoms with van der Waals surface area (Å²) < 4.78 is 12.9. The summed E-state index contributed by atoms with van der Waals surface area (Å²) in [6, 6.07) is 9.01. The number of hydrogen-bond acceptors (Lipinski definition) is 5. The maximum Gasteiger partial charge on any atom is 0.253 e. The Labute approximate surface area is 152 Å². The normalized spacial score (nSPS) is 12.0. The summed E-state index contributed by atoms with van der Waals surface area (Å²) in [6.45, 7) is 6.90. The number of rotatable bonds is 7. The number of amides is 1. The van der Waals surface area contributed by atoms with Gasteiger partial charge in [0.15, 0.2) is 17.1 Å². The summed E-state index contributed by atoms with van der Waals surface area (Å²) in [7, 11) is 0. The minimum Gasteiger partial charge on any atom is -0.490 e. The average molecular weight is 354 g/mol. The molecule has 26 heavy (non-hydrogen) atoms. The third kappa shape index (κ3) is 3.77. The Morgan fingerprint density at radius 3 is 2.69 bits per heavy atom. The van der Waals surface area contributed by atoms with E-state index in [-0.39, 0.29) is 11.9 Å². The Morgan fingerprint density at radius 2 is 1.92 bits per heavy atom. The third-order valence-corrected chi connectivity index (χ3v) is 3.97. The molecular weight excluding hydrogens is 332 g/mol. The predicted molar refractivity (Wildman–Crippen MR) is 97.6 cm³/mol. The van der Waals surface area contributed by atoms with Crippen LogP contribution in [0.4, 0.5) is 0 Å². The molecule has 3 aromatic rings. The number of benzene rings is 1. The Balaban J connectivity index is 1.76. The highest BCUT2D eigenvalue weighted by molar-refractivity contribution is 5.94. The van der Waals surface area contributed by atoms with Crippen LogP contribution in [0.2, 0.25) is 0 Å². The van der Waals surface area contributed by atoms with Gasteiger partial charge in [-0.05, 0) is 50.6 Å². The Kier molecular flexibility index (Phi) is 5.36. The van der Waals surface area contributed by atoms with Crippen molar-refractivity contribution >= 4 is 11.6 Å².